The molecule has 0 aromatic heterocycles. The first-order valence-electron chi connectivity index (χ1n) is 8.38. The highest BCUT2D eigenvalue weighted by atomic mass is 19.1. The van der Waals surface area contributed by atoms with Gasteiger partial charge in [0.05, 0.1) is 0 Å². The average Bonchev–Trinajstić information content (AvgIpc) is 2.56. The summed E-state index contributed by atoms with van der Waals surface area (Å²) < 4.78 is 13.1. The molecule has 2 rings (SSSR count). The van der Waals surface area contributed by atoms with Crippen molar-refractivity contribution in [3.8, 4) is 0 Å². The van der Waals surface area contributed by atoms with Crippen molar-refractivity contribution in [2.45, 2.75) is 32.4 Å². The van der Waals surface area contributed by atoms with Crippen molar-refractivity contribution in [2.24, 2.45) is 0 Å². The van der Waals surface area contributed by atoms with Crippen molar-refractivity contribution in [1.82, 2.24) is 14.7 Å². The molecule has 1 aromatic carbocycles. The number of carbonyl (C=O) groups excluding carboxylic acids is 1. The van der Waals surface area contributed by atoms with Crippen molar-refractivity contribution in [3.05, 3.63) is 35.6 Å². The summed E-state index contributed by atoms with van der Waals surface area (Å²) >= 11 is 0. The van der Waals surface area contributed by atoms with E-state index in [9.17, 15) is 9.18 Å². The molecule has 1 fully saturated rings. The Hall–Kier alpha value is -1.46. The van der Waals surface area contributed by atoms with Crippen molar-refractivity contribution in [3.63, 3.8) is 0 Å². The van der Waals surface area contributed by atoms with Gasteiger partial charge in [-0.25, -0.2) is 4.39 Å². The highest BCUT2D eigenvalue weighted by Crippen LogP contribution is 2.22. The lowest BCUT2D eigenvalue weighted by atomic mass is 10.0. The van der Waals surface area contributed by atoms with Crippen LogP contribution in [0.4, 0.5) is 4.39 Å². The van der Waals surface area contributed by atoms with Gasteiger partial charge in [0.2, 0.25) is 5.91 Å². The maximum Gasteiger partial charge on any atom is 0.244 e. The number of amides is 1. The summed E-state index contributed by atoms with van der Waals surface area (Å²) in [4.78, 5) is 19.2. The first-order chi connectivity index (χ1) is 10.9. The third kappa shape index (κ3) is 4.30. The van der Waals surface area contributed by atoms with Gasteiger partial charge in [-0.15, -0.1) is 0 Å². The molecule has 2 atom stereocenters. The van der Waals surface area contributed by atoms with Crippen LogP contribution in [0.15, 0.2) is 24.3 Å². The lowest BCUT2D eigenvalue weighted by molar-refractivity contribution is -0.138. The zero-order valence-corrected chi connectivity index (χ0v) is 14.6. The van der Waals surface area contributed by atoms with E-state index >= 15 is 0 Å². The van der Waals surface area contributed by atoms with E-state index in [1.165, 1.54) is 12.1 Å². The van der Waals surface area contributed by atoms with Crippen LogP contribution in [0.1, 0.15) is 31.9 Å². The van der Waals surface area contributed by atoms with Gasteiger partial charge in [0, 0.05) is 32.2 Å². The first-order valence-corrected chi connectivity index (χ1v) is 8.38. The second kappa shape index (κ2) is 7.88. The highest BCUT2D eigenvalue weighted by molar-refractivity contribution is 5.83. The normalized spacial score (nSPS) is 19.0. The van der Waals surface area contributed by atoms with Crippen molar-refractivity contribution in [2.75, 3.05) is 40.3 Å². The monoisotopic (exact) mass is 321 g/mol. The Morgan fingerprint density at radius 2 is 1.74 bits per heavy atom. The summed E-state index contributed by atoms with van der Waals surface area (Å²) in [6.07, 6.45) is 1.13. The van der Waals surface area contributed by atoms with Gasteiger partial charge >= 0.3 is 0 Å². The summed E-state index contributed by atoms with van der Waals surface area (Å²) in [6, 6.07) is 6.44. The SMILES string of the molecule is CCC(C)N1CCN(C(=O)C(c2ccc(F)cc2)N(C)C)CC1. The fourth-order valence-corrected chi connectivity index (χ4v) is 3.12. The second-order valence-electron chi connectivity index (χ2n) is 6.54. The van der Waals surface area contributed by atoms with Gasteiger partial charge in [0.25, 0.3) is 0 Å². The van der Waals surface area contributed by atoms with Crippen molar-refractivity contribution in [1.29, 1.82) is 0 Å². The number of carbonyl (C=O) groups is 1. The third-order valence-corrected chi connectivity index (χ3v) is 4.78. The largest absolute Gasteiger partial charge is 0.338 e. The highest BCUT2D eigenvalue weighted by Gasteiger charge is 2.30. The van der Waals surface area contributed by atoms with E-state index in [1.54, 1.807) is 12.1 Å². The minimum absolute atomic E-state index is 0.102. The number of likely N-dealkylation sites (N-methyl/N-ethyl adjacent to an activating group) is 1. The maximum absolute atomic E-state index is 13.1. The van der Waals surface area contributed by atoms with E-state index in [4.69, 9.17) is 0 Å². The minimum atomic E-state index is -0.356. The van der Waals surface area contributed by atoms with Crippen LogP contribution in [0.25, 0.3) is 0 Å². The van der Waals surface area contributed by atoms with E-state index in [1.807, 2.05) is 23.9 Å². The van der Waals surface area contributed by atoms with Gasteiger partial charge < -0.3 is 4.90 Å². The molecule has 0 saturated carbocycles. The molecule has 0 radical (unpaired) electrons. The molecule has 4 nitrogen and oxygen atoms in total. The zero-order valence-electron chi connectivity index (χ0n) is 14.6. The number of nitrogens with zero attached hydrogens (tertiary/aromatic N) is 3. The van der Waals surface area contributed by atoms with Gasteiger partial charge in [-0.3, -0.25) is 14.6 Å². The molecule has 23 heavy (non-hydrogen) atoms. The van der Waals surface area contributed by atoms with E-state index in [2.05, 4.69) is 18.7 Å². The smallest absolute Gasteiger partial charge is 0.244 e. The lowest BCUT2D eigenvalue weighted by Crippen LogP contribution is -2.53. The number of piperazine rings is 1. The second-order valence-corrected chi connectivity index (χ2v) is 6.54. The summed E-state index contributed by atoms with van der Waals surface area (Å²) in [7, 11) is 3.78. The number of benzene rings is 1. The molecule has 0 aliphatic carbocycles. The number of halogens is 1. The van der Waals surface area contributed by atoms with Crippen LogP contribution in [0.2, 0.25) is 0 Å². The van der Waals surface area contributed by atoms with Gasteiger partial charge in [0.15, 0.2) is 0 Å². The molecular formula is C18H28FN3O. The summed E-state index contributed by atoms with van der Waals surface area (Å²) in [5.41, 5.74) is 0.839. The number of hydrogen-bond acceptors (Lipinski definition) is 3. The predicted molar refractivity (Wildman–Crippen MR) is 90.7 cm³/mol. The van der Waals surface area contributed by atoms with Crippen LogP contribution < -0.4 is 0 Å². The van der Waals surface area contributed by atoms with Gasteiger partial charge in [0.1, 0.15) is 11.9 Å². The molecule has 0 spiro atoms. The quantitative estimate of drug-likeness (QED) is 0.833. The van der Waals surface area contributed by atoms with Crippen molar-refractivity contribution < 1.29 is 9.18 Å². The first kappa shape index (κ1) is 17.9. The standard InChI is InChI=1S/C18H28FN3O/c1-5-14(2)21-10-12-22(13-11-21)18(23)17(20(3)4)15-6-8-16(19)9-7-15/h6-9,14,17H,5,10-13H2,1-4H3. The van der Waals surface area contributed by atoms with Gasteiger partial charge in [-0.2, -0.15) is 0 Å². The Morgan fingerprint density at radius 3 is 2.22 bits per heavy atom. The van der Waals surface area contributed by atoms with E-state index < -0.39 is 0 Å². The molecule has 0 N–H and O–H groups in total. The van der Waals surface area contributed by atoms with Crippen LogP contribution in [0.5, 0.6) is 0 Å². The van der Waals surface area contributed by atoms with Crippen LogP contribution in [-0.4, -0.2) is 66.9 Å². The van der Waals surface area contributed by atoms with Crippen LogP contribution in [-0.2, 0) is 4.79 Å². The van der Waals surface area contributed by atoms with E-state index in [0.717, 1.165) is 38.2 Å². The fourth-order valence-electron chi connectivity index (χ4n) is 3.12. The molecule has 1 aromatic rings. The van der Waals surface area contributed by atoms with Crippen LogP contribution in [0.3, 0.4) is 0 Å². The molecule has 1 heterocycles. The Morgan fingerprint density at radius 1 is 1.17 bits per heavy atom. The topological polar surface area (TPSA) is 26.8 Å². The number of rotatable bonds is 5. The summed E-state index contributed by atoms with van der Waals surface area (Å²) in [6.45, 7) is 7.79. The Bertz CT molecular complexity index is 510. The Kier molecular flexibility index (Phi) is 6.13. The summed E-state index contributed by atoms with van der Waals surface area (Å²) in [5, 5.41) is 0. The van der Waals surface area contributed by atoms with Crippen LogP contribution >= 0.6 is 0 Å². The number of hydrogen-bond donors (Lipinski definition) is 0. The van der Waals surface area contributed by atoms with Crippen molar-refractivity contribution >= 4 is 5.91 Å². The summed E-state index contributed by atoms with van der Waals surface area (Å²) in [5.74, 6) is -0.175. The predicted octanol–water partition coefficient (Wildman–Crippen LogP) is 2.37. The minimum Gasteiger partial charge on any atom is -0.338 e. The fraction of sp³-hybridized carbons (Fsp3) is 0.611. The maximum atomic E-state index is 13.1. The van der Waals surface area contributed by atoms with E-state index in [-0.39, 0.29) is 17.8 Å². The Labute approximate surface area is 138 Å². The lowest BCUT2D eigenvalue weighted by Gasteiger charge is -2.40. The molecule has 1 amide bonds. The molecule has 1 aliphatic heterocycles. The average molecular weight is 321 g/mol. The molecule has 128 valence electrons. The molecular weight excluding hydrogens is 293 g/mol. The van der Waals surface area contributed by atoms with Crippen LogP contribution in [0, 0.1) is 5.82 Å². The Balaban J connectivity index is 2.06. The molecule has 5 heteroatoms. The van der Waals surface area contributed by atoms with Gasteiger partial charge in [-0.05, 0) is 45.1 Å². The van der Waals surface area contributed by atoms with E-state index in [0.29, 0.717) is 6.04 Å². The third-order valence-electron chi connectivity index (χ3n) is 4.78. The zero-order chi connectivity index (χ0) is 17.0. The molecule has 1 saturated heterocycles. The molecule has 0 bridgehead atoms. The molecule has 2 unspecified atom stereocenters. The van der Waals surface area contributed by atoms with Gasteiger partial charge in [-0.1, -0.05) is 19.1 Å². The molecule has 1 aliphatic rings.